The summed E-state index contributed by atoms with van der Waals surface area (Å²) in [5.74, 6) is 5.10. The third-order valence-corrected chi connectivity index (χ3v) is 4.29. The first-order valence-electron chi connectivity index (χ1n) is 7.39. The van der Waals surface area contributed by atoms with Gasteiger partial charge in [-0.2, -0.15) is 0 Å². The zero-order chi connectivity index (χ0) is 14.7. The second-order valence-electron chi connectivity index (χ2n) is 5.57. The van der Waals surface area contributed by atoms with Crippen molar-refractivity contribution in [2.24, 2.45) is 5.84 Å². The molecule has 1 amide bonds. The van der Waals surface area contributed by atoms with Crippen LogP contribution in [0.5, 0.6) is 0 Å². The Morgan fingerprint density at radius 3 is 2.95 bits per heavy atom. The van der Waals surface area contributed by atoms with Crippen LogP contribution >= 0.6 is 0 Å². The number of carbonyl (C=O) groups excluding carboxylic acids is 1. The highest BCUT2D eigenvalue weighted by molar-refractivity contribution is 5.92. The van der Waals surface area contributed by atoms with Gasteiger partial charge >= 0.3 is 5.91 Å². The Morgan fingerprint density at radius 1 is 1.38 bits per heavy atom. The Kier molecular flexibility index (Phi) is 4.54. The molecule has 116 valence electrons. The van der Waals surface area contributed by atoms with E-state index in [0.717, 1.165) is 57.9 Å². The number of nitrogens with one attached hydrogen (secondary N) is 1. The summed E-state index contributed by atoms with van der Waals surface area (Å²) in [5, 5.41) is 0. The Bertz CT molecular complexity index is 484. The van der Waals surface area contributed by atoms with Gasteiger partial charge in [0, 0.05) is 44.3 Å². The Balaban J connectivity index is 1.57. The zero-order valence-corrected chi connectivity index (χ0v) is 12.1. The fourth-order valence-electron chi connectivity index (χ4n) is 3.16. The summed E-state index contributed by atoms with van der Waals surface area (Å²) in [6.45, 7) is 6.49. The second-order valence-corrected chi connectivity index (χ2v) is 5.57. The molecule has 1 atom stereocenters. The molecule has 0 bridgehead atoms. The largest absolute Gasteiger partial charge is 0.459 e. The van der Waals surface area contributed by atoms with Crippen molar-refractivity contribution in [3.63, 3.8) is 0 Å². The first-order valence-corrected chi connectivity index (χ1v) is 7.39. The van der Waals surface area contributed by atoms with Crippen LogP contribution in [0.25, 0.3) is 0 Å². The molecule has 2 saturated heterocycles. The van der Waals surface area contributed by atoms with Crippen LogP contribution in [0.3, 0.4) is 0 Å². The lowest BCUT2D eigenvalue weighted by atomic mass is 10.2. The molecule has 3 N–H and O–H groups in total. The molecule has 0 aromatic carbocycles. The van der Waals surface area contributed by atoms with E-state index in [4.69, 9.17) is 15.0 Å². The van der Waals surface area contributed by atoms with Gasteiger partial charge in [-0.1, -0.05) is 0 Å². The number of amides is 1. The van der Waals surface area contributed by atoms with Crippen molar-refractivity contribution in [3.05, 3.63) is 23.7 Å². The predicted octanol–water partition coefficient (Wildman–Crippen LogP) is -0.210. The molecule has 3 heterocycles. The van der Waals surface area contributed by atoms with Gasteiger partial charge in [0.1, 0.15) is 0 Å². The molecule has 2 aliphatic rings. The van der Waals surface area contributed by atoms with Gasteiger partial charge in [0.25, 0.3) is 0 Å². The lowest BCUT2D eigenvalue weighted by Crippen LogP contribution is -2.44. The second kappa shape index (κ2) is 6.57. The first-order chi connectivity index (χ1) is 10.3. The van der Waals surface area contributed by atoms with Crippen LogP contribution in [0.15, 0.2) is 16.7 Å². The number of furan rings is 1. The highest BCUT2D eigenvalue weighted by Crippen LogP contribution is 2.21. The van der Waals surface area contributed by atoms with Crippen LogP contribution in [0.1, 0.15) is 22.5 Å². The van der Waals surface area contributed by atoms with Crippen LogP contribution in [-0.4, -0.2) is 61.1 Å². The SMILES string of the molecule is NNC(=O)c1occc1CN1CCC(N2CCOCC2)C1. The van der Waals surface area contributed by atoms with Crippen molar-refractivity contribution in [2.45, 2.75) is 19.0 Å². The number of rotatable bonds is 4. The lowest BCUT2D eigenvalue weighted by Gasteiger charge is -2.32. The number of hydrazine groups is 1. The molecule has 0 radical (unpaired) electrons. The van der Waals surface area contributed by atoms with Gasteiger partial charge < -0.3 is 9.15 Å². The fraction of sp³-hybridized carbons (Fsp3) is 0.643. The number of carbonyl (C=O) groups is 1. The minimum absolute atomic E-state index is 0.312. The Morgan fingerprint density at radius 2 is 2.19 bits per heavy atom. The van der Waals surface area contributed by atoms with Gasteiger partial charge in [0.15, 0.2) is 5.76 Å². The monoisotopic (exact) mass is 294 g/mol. The molecule has 0 saturated carbocycles. The number of ether oxygens (including phenoxy) is 1. The summed E-state index contributed by atoms with van der Waals surface area (Å²) >= 11 is 0. The van der Waals surface area contributed by atoms with E-state index in [2.05, 4.69) is 15.2 Å². The van der Waals surface area contributed by atoms with E-state index in [1.165, 1.54) is 6.26 Å². The van der Waals surface area contributed by atoms with Crippen molar-refractivity contribution < 1.29 is 13.9 Å². The van der Waals surface area contributed by atoms with E-state index in [9.17, 15) is 4.79 Å². The number of nitrogen functional groups attached to an aromatic ring is 1. The van der Waals surface area contributed by atoms with Crippen LogP contribution in [0.4, 0.5) is 0 Å². The third-order valence-electron chi connectivity index (χ3n) is 4.29. The van der Waals surface area contributed by atoms with Crippen molar-refractivity contribution in [1.29, 1.82) is 0 Å². The lowest BCUT2D eigenvalue weighted by molar-refractivity contribution is 0.0183. The normalized spacial score (nSPS) is 24.3. The average molecular weight is 294 g/mol. The summed E-state index contributed by atoms with van der Waals surface area (Å²) in [6, 6.07) is 2.43. The quantitative estimate of drug-likeness (QED) is 0.454. The average Bonchev–Trinajstić information content (AvgIpc) is 3.17. The zero-order valence-electron chi connectivity index (χ0n) is 12.1. The van der Waals surface area contributed by atoms with Gasteiger partial charge in [0.2, 0.25) is 0 Å². The van der Waals surface area contributed by atoms with E-state index in [1.54, 1.807) is 0 Å². The van der Waals surface area contributed by atoms with E-state index in [-0.39, 0.29) is 5.91 Å². The summed E-state index contributed by atoms with van der Waals surface area (Å²) in [6.07, 6.45) is 2.70. The van der Waals surface area contributed by atoms with Crippen molar-refractivity contribution in [1.82, 2.24) is 15.2 Å². The maximum atomic E-state index is 11.6. The molecule has 1 aromatic heterocycles. The molecular formula is C14H22N4O3. The molecule has 7 heteroatoms. The van der Waals surface area contributed by atoms with Gasteiger partial charge in [0.05, 0.1) is 19.5 Å². The molecule has 2 aliphatic heterocycles. The smallest absolute Gasteiger partial charge is 0.301 e. The topological polar surface area (TPSA) is 84.0 Å². The van der Waals surface area contributed by atoms with E-state index in [1.807, 2.05) is 6.07 Å². The van der Waals surface area contributed by atoms with Crippen molar-refractivity contribution in [2.75, 3.05) is 39.4 Å². The standard InChI is InChI=1S/C14H22N4O3/c15-16-14(19)13-11(2-6-21-13)9-17-3-1-12(10-17)18-4-7-20-8-5-18/h2,6,12H,1,3-5,7-10,15H2,(H,16,19). The highest BCUT2D eigenvalue weighted by Gasteiger charge is 2.29. The molecular weight excluding hydrogens is 272 g/mol. The molecule has 2 fully saturated rings. The highest BCUT2D eigenvalue weighted by atomic mass is 16.5. The van der Waals surface area contributed by atoms with Gasteiger partial charge in [-0.25, -0.2) is 5.84 Å². The summed E-state index contributed by atoms with van der Waals surface area (Å²) < 4.78 is 10.6. The van der Waals surface area contributed by atoms with Gasteiger partial charge in [-0.3, -0.25) is 20.0 Å². The van der Waals surface area contributed by atoms with Crippen LogP contribution in [-0.2, 0) is 11.3 Å². The third kappa shape index (κ3) is 3.26. The molecule has 0 spiro atoms. The van der Waals surface area contributed by atoms with Crippen LogP contribution in [0, 0.1) is 0 Å². The Hall–Kier alpha value is -1.41. The summed E-state index contributed by atoms with van der Waals surface area (Å²) in [7, 11) is 0. The van der Waals surface area contributed by atoms with Gasteiger partial charge in [-0.15, -0.1) is 0 Å². The molecule has 21 heavy (non-hydrogen) atoms. The van der Waals surface area contributed by atoms with Crippen molar-refractivity contribution >= 4 is 5.91 Å². The maximum absolute atomic E-state index is 11.6. The number of nitrogens with zero attached hydrogens (tertiary/aromatic N) is 2. The maximum Gasteiger partial charge on any atom is 0.301 e. The molecule has 3 rings (SSSR count). The molecule has 0 aliphatic carbocycles. The predicted molar refractivity (Wildman–Crippen MR) is 76.4 cm³/mol. The fourth-order valence-corrected chi connectivity index (χ4v) is 3.16. The van der Waals surface area contributed by atoms with Crippen LogP contribution < -0.4 is 11.3 Å². The van der Waals surface area contributed by atoms with E-state index < -0.39 is 0 Å². The molecule has 7 nitrogen and oxygen atoms in total. The van der Waals surface area contributed by atoms with Crippen LogP contribution in [0.2, 0.25) is 0 Å². The van der Waals surface area contributed by atoms with Crippen molar-refractivity contribution in [3.8, 4) is 0 Å². The number of hydrogen-bond acceptors (Lipinski definition) is 6. The number of likely N-dealkylation sites (tertiary alicyclic amines) is 1. The Labute approximate surface area is 124 Å². The van der Waals surface area contributed by atoms with Gasteiger partial charge in [-0.05, 0) is 12.5 Å². The number of morpholine rings is 1. The number of nitrogens with two attached hydrogens (primary N) is 1. The van der Waals surface area contributed by atoms with E-state index >= 15 is 0 Å². The molecule has 1 unspecified atom stereocenters. The minimum atomic E-state index is -0.376. The first kappa shape index (κ1) is 14.5. The number of hydrogen-bond donors (Lipinski definition) is 2. The summed E-state index contributed by atoms with van der Waals surface area (Å²) in [4.78, 5) is 16.5. The minimum Gasteiger partial charge on any atom is -0.459 e. The van der Waals surface area contributed by atoms with E-state index in [0.29, 0.717) is 11.8 Å². The molecule has 1 aromatic rings. The summed E-state index contributed by atoms with van der Waals surface area (Å²) in [5.41, 5.74) is 3.01.